The van der Waals surface area contributed by atoms with Crippen LogP contribution < -0.4 is 4.72 Å². The van der Waals surface area contributed by atoms with Crippen molar-refractivity contribution in [1.82, 2.24) is 9.62 Å². The molecular formula is C27H40N2O7S3. The van der Waals surface area contributed by atoms with Crippen LogP contribution in [0.1, 0.15) is 81.6 Å². The van der Waals surface area contributed by atoms with Crippen LogP contribution in [-0.2, 0) is 42.5 Å². The molecule has 2 N–H and O–H groups in total. The van der Waals surface area contributed by atoms with Gasteiger partial charge < -0.3 is 10.0 Å². The third kappa shape index (κ3) is 11.8. The SMILES string of the molecule is CCCCCCCCCCCCNS(=O)(=O)c1ccc(CN(Cc2ccc(S(C)(=O)=O)cc2)C(=O)C(=O)O)s1. The quantitative estimate of drug-likeness (QED) is 0.182. The number of nitrogens with zero attached hydrogens (tertiary/aromatic N) is 1. The normalized spacial score (nSPS) is 11.9. The number of aliphatic carboxylic acids is 1. The van der Waals surface area contributed by atoms with E-state index in [1.165, 1.54) is 75.3 Å². The average molecular weight is 601 g/mol. The van der Waals surface area contributed by atoms with Crippen LogP contribution in [0.15, 0.2) is 45.5 Å². The Kier molecular flexibility index (Phi) is 13.6. The van der Waals surface area contributed by atoms with E-state index in [0.717, 1.165) is 41.8 Å². The predicted octanol–water partition coefficient (Wildman–Crippen LogP) is 4.96. The van der Waals surface area contributed by atoms with E-state index in [2.05, 4.69) is 11.6 Å². The third-order valence-corrected chi connectivity index (χ3v) is 10.4. The van der Waals surface area contributed by atoms with E-state index in [1.807, 2.05) is 0 Å². The van der Waals surface area contributed by atoms with Gasteiger partial charge in [0.2, 0.25) is 10.0 Å². The fraction of sp³-hybridized carbons (Fsp3) is 0.556. The molecule has 0 saturated heterocycles. The molecule has 0 aliphatic rings. The Morgan fingerprint density at radius 1 is 0.821 bits per heavy atom. The van der Waals surface area contributed by atoms with Crippen LogP contribution in [0.4, 0.5) is 0 Å². The highest BCUT2D eigenvalue weighted by molar-refractivity contribution is 7.91. The second-order valence-electron chi connectivity index (χ2n) is 9.68. The van der Waals surface area contributed by atoms with Gasteiger partial charge in [-0.05, 0) is 36.2 Å². The second-order valence-corrected chi connectivity index (χ2v) is 14.9. The molecule has 0 radical (unpaired) electrons. The highest BCUT2D eigenvalue weighted by Crippen LogP contribution is 2.24. The van der Waals surface area contributed by atoms with Crippen molar-refractivity contribution in [3.63, 3.8) is 0 Å². The van der Waals surface area contributed by atoms with Crippen LogP contribution in [0.25, 0.3) is 0 Å². The van der Waals surface area contributed by atoms with E-state index in [4.69, 9.17) is 0 Å². The van der Waals surface area contributed by atoms with Gasteiger partial charge in [-0.3, -0.25) is 4.79 Å². The molecular weight excluding hydrogens is 561 g/mol. The van der Waals surface area contributed by atoms with E-state index in [9.17, 15) is 31.5 Å². The van der Waals surface area contributed by atoms with E-state index in [1.54, 1.807) is 6.07 Å². The molecule has 0 saturated carbocycles. The molecule has 1 aromatic carbocycles. The molecule has 0 aliphatic heterocycles. The first-order valence-electron chi connectivity index (χ1n) is 13.3. The molecule has 12 heteroatoms. The number of carboxylic acids is 1. The number of carbonyl (C=O) groups excluding carboxylic acids is 1. The van der Waals surface area contributed by atoms with Crippen LogP contribution in [0.3, 0.4) is 0 Å². The van der Waals surface area contributed by atoms with Crippen molar-refractivity contribution in [3.8, 4) is 0 Å². The van der Waals surface area contributed by atoms with Gasteiger partial charge in [0, 0.05) is 24.2 Å². The fourth-order valence-corrected chi connectivity index (χ4v) is 7.18. The fourth-order valence-electron chi connectivity index (χ4n) is 4.06. The number of carboxylic acid groups (broad SMARTS) is 1. The number of rotatable bonds is 18. The van der Waals surface area contributed by atoms with E-state index >= 15 is 0 Å². The Hall–Kier alpha value is -2.28. The van der Waals surface area contributed by atoms with Gasteiger partial charge in [-0.25, -0.2) is 26.4 Å². The van der Waals surface area contributed by atoms with Gasteiger partial charge in [0.15, 0.2) is 9.84 Å². The Labute approximate surface area is 236 Å². The van der Waals surface area contributed by atoms with Crippen molar-refractivity contribution >= 4 is 43.1 Å². The monoisotopic (exact) mass is 600 g/mol. The Morgan fingerprint density at radius 2 is 1.38 bits per heavy atom. The first-order chi connectivity index (χ1) is 18.4. The van der Waals surface area contributed by atoms with Crippen LogP contribution in [0.2, 0.25) is 0 Å². The van der Waals surface area contributed by atoms with Gasteiger partial charge in [-0.15, -0.1) is 11.3 Å². The summed E-state index contributed by atoms with van der Waals surface area (Å²) < 4.78 is 51.5. The van der Waals surface area contributed by atoms with Crippen molar-refractivity contribution < 1.29 is 31.5 Å². The molecule has 2 aromatic rings. The predicted molar refractivity (Wildman–Crippen MR) is 153 cm³/mol. The maximum absolute atomic E-state index is 12.7. The minimum atomic E-state index is -3.71. The second kappa shape index (κ2) is 16.1. The largest absolute Gasteiger partial charge is 0.474 e. The number of benzene rings is 1. The van der Waals surface area contributed by atoms with E-state index in [-0.39, 0.29) is 22.2 Å². The molecule has 0 spiro atoms. The Bertz CT molecular complexity index is 1270. The van der Waals surface area contributed by atoms with E-state index < -0.39 is 31.7 Å². The van der Waals surface area contributed by atoms with Gasteiger partial charge in [0.25, 0.3) is 0 Å². The van der Waals surface area contributed by atoms with Gasteiger partial charge in [0.1, 0.15) is 4.21 Å². The lowest BCUT2D eigenvalue weighted by Crippen LogP contribution is -2.35. The summed E-state index contributed by atoms with van der Waals surface area (Å²) in [6, 6.07) is 8.83. The molecule has 218 valence electrons. The number of unbranched alkanes of at least 4 members (excludes halogenated alkanes) is 9. The van der Waals surface area contributed by atoms with Crippen LogP contribution >= 0.6 is 11.3 Å². The summed E-state index contributed by atoms with van der Waals surface area (Å²) in [4.78, 5) is 25.4. The minimum Gasteiger partial charge on any atom is -0.474 e. The van der Waals surface area contributed by atoms with Crippen molar-refractivity contribution in [3.05, 3.63) is 46.8 Å². The number of thiophene rings is 1. The van der Waals surface area contributed by atoms with Crippen LogP contribution in [0, 0.1) is 0 Å². The van der Waals surface area contributed by atoms with Crippen LogP contribution in [-0.4, -0.2) is 51.5 Å². The van der Waals surface area contributed by atoms with Crippen molar-refractivity contribution in [1.29, 1.82) is 0 Å². The maximum atomic E-state index is 12.7. The molecule has 0 aliphatic carbocycles. The van der Waals surface area contributed by atoms with E-state index in [0.29, 0.717) is 17.0 Å². The average Bonchev–Trinajstić information content (AvgIpc) is 3.36. The lowest BCUT2D eigenvalue weighted by atomic mass is 10.1. The van der Waals surface area contributed by atoms with Gasteiger partial charge in [-0.1, -0.05) is 76.8 Å². The number of hydrogen-bond acceptors (Lipinski definition) is 7. The first kappa shape index (κ1) is 32.9. The Balaban J connectivity index is 1.88. The summed E-state index contributed by atoms with van der Waals surface area (Å²) in [6.07, 6.45) is 12.7. The highest BCUT2D eigenvalue weighted by Gasteiger charge is 2.24. The highest BCUT2D eigenvalue weighted by atomic mass is 32.2. The summed E-state index contributed by atoms with van der Waals surface area (Å²) >= 11 is 0.980. The molecule has 9 nitrogen and oxygen atoms in total. The molecule has 1 heterocycles. The zero-order valence-corrected chi connectivity index (χ0v) is 25.2. The molecule has 1 amide bonds. The van der Waals surface area contributed by atoms with Crippen molar-refractivity contribution in [2.24, 2.45) is 0 Å². The third-order valence-electron chi connectivity index (χ3n) is 6.27. The van der Waals surface area contributed by atoms with Crippen LogP contribution in [0.5, 0.6) is 0 Å². The summed E-state index contributed by atoms with van der Waals surface area (Å²) in [7, 11) is -7.10. The lowest BCUT2D eigenvalue weighted by molar-refractivity contribution is -0.156. The summed E-state index contributed by atoms with van der Waals surface area (Å²) in [5.74, 6) is -2.77. The van der Waals surface area contributed by atoms with Gasteiger partial charge in [-0.2, -0.15) is 0 Å². The van der Waals surface area contributed by atoms with Gasteiger partial charge >= 0.3 is 11.9 Å². The van der Waals surface area contributed by atoms with Crippen molar-refractivity contribution in [2.45, 2.75) is 93.3 Å². The zero-order chi connectivity index (χ0) is 28.9. The summed E-state index contributed by atoms with van der Waals surface area (Å²) in [6.45, 7) is 2.38. The molecule has 0 bridgehead atoms. The molecule has 1 aromatic heterocycles. The summed E-state index contributed by atoms with van der Waals surface area (Å²) in [5.41, 5.74) is 0.541. The first-order valence-corrected chi connectivity index (χ1v) is 17.5. The number of sulfone groups is 1. The molecule has 0 atom stereocenters. The molecule has 0 unspecified atom stereocenters. The maximum Gasteiger partial charge on any atom is 0.394 e. The lowest BCUT2D eigenvalue weighted by Gasteiger charge is -2.20. The number of hydrogen-bond donors (Lipinski definition) is 2. The number of amides is 1. The molecule has 0 fully saturated rings. The smallest absolute Gasteiger partial charge is 0.394 e. The number of sulfonamides is 1. The standard InChI is InChI=1S/C27H40N2O7S3/c1-3-4-5-6-7-8-9-10-11-12-19-28-39(35,36)25-18-15-23(37-25)21-29(26(30)27(31)32)20-22-13-16-24(17-14-22)38(2,33)34/h13-18,28H,3-12,19-21H2,1-2H3,(H,31,32). The van der Waals surface area contributed by atoms with Crippen molar-refractivity contribution in [2.75, 3.05) is 12.8 Å². The Morgan fingerprint density at radius 3 is 1.92 bits per heavy atom. The topological polar surface area (TPSA) is 138 Å². The number of nitrogens with one attached hydrogen (secondary N) is 1. The zero-order valence-electron chi connectivity index (χ0n) is 22.7. The number of carbonyl (C=O) groups is 2. The molecule has 2 rings (SSSR count). The molecule has 39 heavy (non-hydrogen) atoms. The summed E-state index contributed by atoms with van der Waals surface area (Å²) in [5, 5.41) is 9.25. The van der Waals surface area contributed by atoms with Gasteiger partial charge in [0.05, 0.1) is 11.4 Å². The minimum absolute atomic E-state index is 0.0772.